The smallest absolute Gasteiger partial charge is 0.375 e. The van der Waals surface area contributed by atoms with Crippen LogP contribution in [0.3, 0.4) is 0 Å². The first-order valence-corrected chi connectivity index (χ1v) is 9.08. The van der Waals surface area contributed by atoms with Gasteiger partial charge in [-0.3, -0.25) is 0 Å². The molecule has 1 unspecified atom stereocenters. The van der Waals surface area contributed by atoms with Gasteiger partial charge in [-0.25, -0.2) is 0 Å². The van der Waals surface area contributed by atoms with Crippen LogP contribution < -0.4 is 5.73 Å². The van der Waals surface area contributed by atoms with Gasteiger partial charge in [-0.15, -0.1) is 0 Å². The number of nitrogens with two attached hydrogens (primary N) is 1. The second kappa shape index (κ2) is 9.56. The van der Waals surface area contributed by atoms with Crippen molar-refractivity contribution in [1.82, 2.24) is 5.01 Å². The van der Waals surface area contributed by atoms with E-state index in [4.69, 9.17) is 5.73 Å². The van der Waals surface area contributed by atoms with Crippen molar-refractivity contribution in [1.29, 1.82) is 0 Å². The number of hydrazone groups is 1. The molecule has 0 aromatic heterocycles. The third kappa shape index (κ3) is 5.88. The van der Waals surface area contributed by atoms with Crippen molar-refractivity contribution in [2.75, 3.05) is 0 Å². The summed E-state index contributed by atoms with van der Waals surface area (Å²) in [5, 5.41) is 13.4. The van der Waals surface area contributed by atoms with Gasteiger partial charge in [0.25, 0.3) is 5.72 Å². The minimum atomic E-state index is -4.86. The van der Waals surface area contributed by atoms with E-state index in [1.807, 2.05) is 0 Å². The number of nitrogens with zero attached hydrogens (tertiary/aromatic N) is 2. The summed E-state index contributed by atoms with van der Waals surface area (Å²) < 4.78 is 39.2. The van der Waals surface area contributed by atoms with Gasteiger partial charge in [0, 0.05) is 12.1 Å². The number of hydrogen-bond donors (Lipinski definition) is 2. The molecule has 0 fully saturated rings. The van der Waals surface area contributed by atoms with Gasteiger partial charge in [-0.05, 0) is 25.1 Å². The molecular weight excluding hydrogens is 339 g/mol. The zero-order chi connectivity index (χ0) is 18.2. The van der Waals surface area contributed by atoms with Crippen LogP contribution in [0.4, 0.5) is 13.2 Å². The Kier molecular flexibility index (Phi) is 8.42. The van der Waals surface area contributed by atoms with Crippen molar-refractivity contribution in [3.63, 3.8) is 0 Å². The van der Waals surface area contributed by atoms with Crippen LogP contribution in [-0.4, -0.2) is 32.8 Å². The molecule has 0 radical (unpaired) electrons. The molecule has 0 saturated carbocycles. The van der Waals surface area contributed by atoms with E-state index in [0.717, 1.165) is 25.7 Å². The lowest BCUT2D eigenvalue weighted by atomic mass is 10.0. The number of hydrogen-bond acceptors (Lipinski definition) is 3. The van der Waals surface area contributed by atoms with Crippen LogP contribution in [0.2, 0.25) is 0 Å². The molecule has 24 heavy (non-hydrogen) atoms. The third-order valence-corrected chi connectivity index (χ3v) is 4.45. The molecule has 4 nitrogen and oxygen atoms in total. The fourth-order valence-electron chi connectivity index (χ4n) is 2.85. The number of alkyl halides is 3. The number of unbranched alkanes of at least 4 members (excludes halogenated alkanes) is 8. The van der Waals surface area contributed by atoms with E-state index < -0.39 is 23.4 Å². The maximum absolute atomic E-state index is 13.1. The summed E-state index contributed by atoms with van der Waals surface area (Å²) in [5.74, 6) is 0. The van der Waals surface area contributed by atoms with Gasteiger partial charge in [-0.2, -0.15) is 23.3 Å². The maximum Gasteiger partial charge on any atom is 0.438 e. The first kappa shape index (κ1) is 21.2. The monoisotopic (exact) mass is 367 g/mol. The fourth-order valence-corrected chi connectivity index (χ4v) is 3.04. The minimum absolute atomic E-state index is 0.297. The van der Waals surface area contributed by atoms with Gasteiger partial charge in [0.1, 0.15) is 0 Å². The first-order valence-electron chi connectivity index (χ1n) is 8.67. The predicted molar refractivity (Wildman–Crippen MR) is 93.5 cm³/mol. The average molecular weight is 367 g/mol. The molecule has 1 heterocycles. The highest BCUT2D eigenvalue weighted by Gasteiger charge is 2.62. The molecule has 1 rings (SSSR count). The lowest BCUT2D eigenvalue weighted by Gasteiger charge is -2.32. The molecule has 1 atom stereocenters. The van der Waals surface area contributed by atoms with Gasteiger partial charge in [0.05, 0.1) is 0 Å². The quantitative estimate of drug-likeness (QED) is 0.442. The van der Waals surface area contributed by atoms with Crippen LogP contribution in [-0.2, 0) is 0 Å². The van der Waals surface area contributed by atoms with Crippen molar-refractivity contribution in [3.05, 3.63) is 0 Å². The van der Waals surface area contributed by atoms with Crippen LogP contribution >= 0.6 is 12.2 Å². The summed E-state index contributed by atoms with van der Waals surface area (Å²) in [7, 11) is 0. The van der Waals surface area contributed by atoms with E-state index in [1.165, 1.54) is 32.1 Å². The summed E-state index contributed by atoms with van der Waals surface area (Å²) >= 11 is 4.58. The van der Waals surface area contributed by atoms with Crippen LogP contribution in [0, 0.1) is 0 Å². The Morgan fingerprint density at radius 1 is 1.17 bits per heavy atom. The van der Waals surface area contributed by atoms with Crippen molar-refractivity contribution < 1.29 is 18.3 Å². The number of halogens is 3. The Balaban J connectivity index is 2.31. The van der Waals surface area contributed by atoms with E-state index in [-0.39, 0.29) is 0 Å². The van der Waals surface area contributed by atoms with Crippen molar-refractivity contribution in [3.8, 4) is 0 Å². The molecule has 8 heteroatoms. The van der Waals surface area contributed by atoms with E-state index in [1.54, 1.807) is 0 Å². The highest BCUT2D eigenvalue weighted by molar-refractivity contribution is 7.80. The molecule has 0 aromatic carbocycles. The summed E-state index contributed by atoms with van der Waals surface area (Å²) in [5.41, 5.74) is 2.46. The van der Waals surface area contributed by atoms with Gasteiger partial charge in [-0.1, -0.05) is 58.3 Å². The third-order valence-electron chi connectivity index (χ3n) is 4.27. The summed E-state index contributed by atoms with van der Waals surface area (Å²) in [6.07, 6.45) is 5.15. The predicted octanol–water partition coefficient (Wildman–Crippen LogP) is 4.46. The zero-order valence-electron chi connectivity index (χ0n) is 14.2. The van der Waals surface area contributed by atoms with Crippen molar-refractivity contribution >= 4 is 23.0 Å². The van der Waals surface area contributed by atoms with Crippen LogP contribution in [0.15, 0.2) is 5.10 Å². The number of aliphatic hydroxyl groups is 1. The fraction of sp³-hybridized carbons (Fsp3) is 0.875. The van der Waals surface area contributed by atoms with Crippen molar-refractivity contribution in [2.45, 2.75) is 89.5 Å². The molecule has 140 valence electrons. The molecular formula is C16H28F3N3OS. The Morgan fingerprint density at radius 2 is 1.67 bits per heavy atom. The molecule has 0 amide bonds. The minimum Gasteiger partial charge on any atom is -0.375 e. The number of rotatable bonds is 10. The first-order chi connectivity index (χ1) is 11.2. The molecule has 0 spiro atoms. The van der Waals surface area contributed by atoms with Crippen LogP contribution in [0.5, 0.6) is 0 Å². The largest absolute Gasteiger partial charge is 0.438 e. The normalized spacial score (nSPS) is 21.2. The van der Waals surface area contributed by atoms with Crippen LogP contribution in [0.25, 0.3) is 0 Å². The summed E-state index contributed by atoms with van der Waals surface area (Å²) in [6.45, 7) is 2.18. The lowest BCUT2D eigenvalue weighted by Crippen LogP contribution is -2.57. The standard InChI is InChI=1S/C16H28F3N3OS/c1-2-3-4-5-6-7-8-9-10-11-13-12-15(23,16(17,18)19)22(21-13)14(20)24/h23H,2-12H2,1H3,(H2,20,24). The second-order valence-corrected chi connectivity index (χ2v) is 6.80. The van der Waals surface area contributed by atoms with Gasteiger partial charge in [0.15, 0.2) is 5.11 Å². The van der Waals surface area contributed by atoms with E-state index in [9.17, 15) is 18.3 Å². The lowest BCUT2D eigenvalue weighted by molar-refractivity contribution is -0.294. The average Bonchev–Trinajstić information content (AvgIpc) is 2.84. The van der Waals surface area contributed by atoms with Gasteiger partial charge >= 0.3 is 6.18 Å². The molecule has 0 aliphatic carbocycles. The Hall–Kier alpha value is -0.890. The maximum atomic E-state index is 13.1. The molecule has 1 aliphatic rings. The summed E-state index contributed by atoms with van der Waals surface area (Å²) in [4.78, 5) is 0. The molecule has 0 saturated heterocycles. The van der Waals surface area contributed by atoms with Crippen molar-refractivity contribution in [2.24, 2.45) is 10.8 Å². The molecule has 1 aliphatic heterocycles. The van der Waals surface area contributed by atoms with E-state index in [0.29, 0.717) is 17.1 Å². The zero-order valence-corrected chi connectivity index (χ0v) is 15.1. The molecule has 0 aromatic rings. The highest BCUT2D eigenvalue weighted by atomic mass is 32.1. The Labute approximate surface area is 147 Å². The van der Waals surface area contributed by atoms with Gasteiger partial charge < -0.3 is 10.8 Å². The summed E-state index contributed by atoms with van der Waals surface area (Å²) in [6, 6.07) is 0. The second-order valence-electron chi connectivity index (χ2n) is 6.39. The highest BCUT2D eigenvalue weighted by Crippen LogP contribution is 2.40. The Bertz CT molecular complexity index is 443. The number of thiocarbonyl (C=S) groups is 1. The molecule has 3 N–H and O–H groups in total. The topological polar surface area (TPSA) is 61.8 Å². The Morgan fingerprint density at radius 3 is 2.08 bits per heavy atom. The molecule has 0 bridgehead atoms. The van der Waals surface area contributed by atoms with Gasteiger partial charge in [0.2, 0.25) is 0 Å². The van der Waals surface area contributed by atoms with E-state index >= 15 is 0 Å². The van der Waals surface area contributed by atoms with Crippen LogP contribution in [0.1, 0.15) is 77.6 Å². The SMILES string of the molecule is CCCCCCCCCCCC1=NN(C(N)=S)C(O)(C(F)(F)F)C1. The van der Waals surface area contributed by atoms with E-state index in [2.05, 4.69) is 24.2 Å².